The predicted molar refractivity (Wildman–Crippen MR) is 78.5 cm³/mol. The summed E-state index contributed by atoms with van der Waals surface area (Å²) in [4.78, 5) is 25.7. The maximum Gasteiger partial charge on any atom is 0.310 e. The molecule has 116 valence electrons. The fraction of sp³-hybridized carbons (Fsp3) is 0.867. The van der Waals surface area contributed by atoms with Crippen LogP contribution in [0, 0.1) is 5.41 Å². The van der Waals surface area contributed by atoms with Gasteiger partial charge in [0.1, 0.15) is 0 Å². The smallest absolute Gasteiger partial charge is 0.310 e. The Kier molecular flexibility index (Phi) is 6.46. The summed E-state index contributed by atoms with van der Waals surface area (Å²) in [6, 6.07) is 0.384. The highest BCUT2D eigenvalue weighted by atomic mass is 16.4. The molecule has 0 aromatic carbocycles. The summed E-state index contributed by atoms with van der Waals surface area (Å²) >= 11 is 0. The molecule has 1 aliphatic rings. The molecule has 0 bridgehead atoms. The van der Waals surface area contributed by atoms with Crippen molar-refractivity contribution < 1.29 is 14.7 Å². The zero-order chi connectivity index (χ0) is 15.2. The third-order valence-electron chi connectivity index (χ3n) is 4.76. The van der Waals surface area contributed by atoms with Gasteiger partial charge in [-0.05, 0) is 39.3 Å². The van der Waals surface area contributed by atoms with Crippen LogP contribution in [-0.4, -0.2) is 48.1 Å². The van der Waals surface area contributed by atoms with Gasteiger partial charge in [-0.15, -0.1) is 0 Å². The Morgan fingerprint density at radius 3 is 2.45 bits per heavy atom. The minimum absolute atomic E-state index is 0.0752. The monoisotopic (exact) mass is 284 g/mol. The van der Waals surface area contributed by atoms with Gasteiger partial charge in [0.05, 0.1) is 5.41 Å². The molecule has 5 heteroatoms. The number of likely N-dealkylation sites (tertiary alicyclic amines) is 1. The van der Waals surface area contributed by atoms with E-state index < -0.39 is 11.4 Å². The van der Waals surface area contributed by atoms with Gasteiger partial charge in [0, 0.05) is 19.0 Å². The molecule has 1 rings (SSSR count). The number of nitrogens with zero attached hydrogens (tertiary/aromatic N) is 1. The van der Waals surface area contributed by atoms with Crippen LogP contribution in [0.2, 0.25) is 0 Å². The summed E-state index contributed by atoms with van der Waals surface area (Å²) in [5.74, 6) is -1.01. The zero-order valence-corrected chi connectivity index (χ0v) is 12.9. The molecule has 1 aliphatic heterocycles. The number of hydrogen-bond donors (Lipinski definition) is 2. The SMILES string of the molecule is CCC(CC)(CC(=O)NCC1CCCCN1C)C(=O)O. The minimum atomic E-state index is -0.914. The number of piperidine rings is 1. The Bertz CT molecular complexity index is 340. The first kappa shape index (κ1) is 17.0. The van der Waals surface area contributed by atoms with E-state index >= 15 is 0 Å². The first-order chi connectivity index (χ1) is 9.45. The van der Waals surface area contributed by atoms with Crippen molar-refractivity contribution >= 4 is 11.9 Å². The number of aliphatic carboxylic acids is 1. The molecule has 1 heterocycles. The van der Waals surface area contributed by atoms with Gasteiger partial charge in [-0.1, -0.05) is 20.3 Å². The lowest BCUT2D eigenvalue weighted by Gasteiger charge is -2.33. The zero-order valence-electron chi connectivity index (χ0n) is 12.9. The molecule has 1 unspecified atom stereocenters. The quantitative estimate of drug-likeness (QED) is 0.749. The lowest BCUT2D eigenvalue weighted by Crippen LogP contribution is -2.46. The standard InChI is InChI=1S/C15H28N2O3/c1-4-15(5-2,14(19)20)10-13(18)16-11-12-8-6-7-9-17(12)3/h12H,4-11H2,1-3H3,(H,16,18)(H,19,20). The van der Waals surface area contributed by atoms with Crippen LogP contribution < -0.4 is 5.32 Å². The van der Waals surface area contributed by atoms with E-state index in [-0.39, 0.29) is 12.3 Å². The van der Waals surface area contributed by atoms with Gasteiger partial charge in [0.25, 0.3) is 0 Å². The molecule has 1 atom stereocenters. The third-order valence-corrected chi connectivity index (χ3v) is 4.76. The van der Waals surface area contributed by atoms with Gasteiger partial charge in [0.2, 0.25) is 5.91 Å². The number of carboxylic acid groups (broad SMARTS) is 1. The number of carbonyl (C=O) groups excluding carboxylic acids is 1. The summed E-state index contributed by atoms with van der Waals surface area (Å²) in [6.07, 6.45) is 4.56. The van der Waals surface area contributed by atoms with Crippen LogP contribution in [0.5, 0.6) is 0 Å². The maximum atomic E-state index is 12.0. The van der Waals surface area contributed by atoms with E-state index in [4.69, 9.17) is 0 Å². The highest BCUT2D eigenvalue weighted by molar-refractivity contribution is 5.84. The minimum Gasteiger partial charge on any atom is -0.481 e. The van der Waals surface area contributed by atoms with E-state index in [1.54, 1.807) is 0 Å². The van der Waals surface area contributed by atoms with Crippen LogP contribution in [0.4, 0.5) is 0 Å². The highest BCUT2D eigenvalue weighted by Crippen LogP contribution is 2.30. The number of carboxylic acids is 1. The second kappa shape index (κ2) is 7.62. The van der Waals surface area contributed by atoms with Gasteiger partial charge < -0.3 is 15.3 Å². The lowest BCUT2D eigenvalue weighted by atomic mass is 9.79. The van der Waals surface area contributed by atoms with Crippen LogP contribution in [0.25, 0.3) is 0 Å². The molecule has 0 aliphatic carbocycles. The average molecular weight is 284 g/mol. The fourth-order valence-electron chi connectivity index (χ4n) is 2.88. The number of likely N-dealkylation sites (N-methyl/N-ethyl adjacent to an activating group) is 1. The largest absolute Gasteiger partial charge is 0.481 e. The van der Waals surface area contributed by atoms with E-state index in [0.29, 0.717) is 25.4 Å². The van der Waals surface area contributed by atoms with Crippen LogP contribution in [0.3, 0.4) is 0 Å². The molecule has 0 radical (unpaired) electrons. The van der Waals surface area contributed by atoms with E-state index in [2.05, 4.69) is 17.3 Å². The normalized spacial score (nSPS) is 20.6. The summed E-state index contributed by atoms with van der Waals surface area (Å²) in [5.41, 5.74) is -0.914. The van der Waals surface area contributed by atoms with E-state index in [1.165, 1.54) is 12.8 Å². The lowest BCUT2D eigenvalue weighted by molar-refractivity contribution is -0.152. The van der Waals surface area contributed by atoms with Gasteiger partial charge in [-0.25, -0.2) is 0 Å². The Morgan fingerprint density at radius 2 is 1.95 bits per heavy atom. The number of rotatable bonds is 7. The van der Waals surface area contributed by atoms with Crippen molar-refractivity contribution in [2.24, 2.45) is 5.41 Å². The van der Waals surface area contributed by atoms with Crippen molar-refractivity contribution in [1.29, 1.82) is 0 Å². The van der Waals surface area contributed by atoms with Crippen LogP contribution in [-0.2, 0) is 9.59 Å². The molecule has 1 saturated heterocycles. The molecule has 0 aromatic heterocycles. The van der Waals surface area contributed by atoms with Gasteiger partial charge >= 0.3 is 5.97 Å². The van der Waals surface area contributed by atoms with Crippen LogP contribution in [0.15, 0.2) is 0 Å². The Balaban J connectivity index is 2.48. The van der Waals surface area contributed by atoms with Crippen molar-refractivity contribution in [3.63, 3.8) is 0 Å². The molecule has 0 saturated carbocycles. The summed E-state index contributed by atoms with van der Waals surface area (Å²) < 4.78 is 0. The molecular weight excluding hydrogens is 256 g/mol. The fourth-order valence-corrected chi connectivity index (χ4v) is 2.88. The maximum absolute atomic E-state index is 12.0. The highest BCUT2D eigenvalue weighted by Gasteiger charge is 2.37. The van der Waals surface area contributed by atoms with Crippen molar-refractivity contribution in [2.75, 3.05) is 20.1 Å². The molecule has 0 aromatic rings. The topological polar surface area (TPSA) is 69.6 Å². The second-order valence-electron chi connectivity index (χ2n) is 5.90. The number of amides is 1. The van der Waals surface area contributed by atoms with Gasteiger partial charge in [0.15, 0.2) is 0 Å². The Labute approximate surface area is 121 Å². The summed E-state index contributed by atoms with van der Waals surface area (Å²) in [5, 5.41) is 12.3. The Morgan fingerprint density at radius 1 is 1.30 bits per heavy atom. The Hall–Kier alpha value is -1.10. The molecule has 0 spiro atoms. The second-order valence-corrected chi connectivity index (χ2v) is 5.90. The molecule has 2 N–H and O–H groups in total. The van der Waals surface area contributed by atoms with Crippen molar-refractivity contribution in [3.05, 3.63) is 0 Å². The average Bonchev–Trinajstić information content (AvgIpc) is 2.43. The van der Waals surface area contributed by atoms with Crippen LogP contribution in [0.1, 0.15) is 52.4 Å². The van der Waals surface area contributed by atoms with Crippen molar-refractivity contribution in [1.82, 2.24) is 10.2 Å². The summed E-state index contributed by atoms with van der Waals surface area (Å²) in [7, 11) is 2.08. The number of hydrogen-bond acceptors (Lipinski definition) is 3. The van der Waals surface area contributed by atoms with Gasteiger partial charge in [-0.2, -0.15) is 0 Å². The predicted octanol–water partition coefficient (Wildman–Crippen LogP) is 1.87. The number of carbonyl (C=O) groups is 2. The molecule has 1 amide bonds. The number of nitrogens with one attached hydrogen (secondary N) is 1. The van der Waals surface area contributed by atoms with Gasteiger partial charge in [-0.3, -0.25) is 9.59 Å². The molecular formula is C15H28N2O3. The third kappa shape index (κ3) is 4.20. The van der Waals surface area contributed by atoms with Crippen molar-refractivity contribution in [3.8, 4) is 0 Å². The molecule has 5 nitrogen and oxygen atoms in total. The van der Waals surface area contributed by atoms with Crippen molar-refractivity contribution in [2.45, 2.75) is 58.4 Å². The van der Waals surface area contributed by atoms with E-state index in [9.17, 15) is 14.7 Å². The van der Waals surface area contributed by atoms with E-state index in [1.807, 2.05) is 13.8 Å². The molecule has 20 heavy (non-hydrogen) atoms. The first-order valence-electron chi connectivity index (χ1n) is 7.65. The van der Waals surface area contributed by atoms with Crippen LogP contribution >= 0.6 is 0 Å². The molecule has 1 fully saturated rings. The summed E-state index contributed by atoms with van der Waals surface area (Å²) in [6.45, 7) is 5.36. The van der Waals surface area contributed by atoms with E-state index in [0.717, 1.165) is 13.0 Å². The first-order valence-corrected chi connectivity index (χ1v) is 7.65.